The first-order valence-corrected chi connectivity index (χ1v) is 8.08. The number of aromatic nitrogens is 3. The average molecular weight is 414 g/mol. The van der Waals surface area contributed by atoms with E-state index >= 15 is 0 Å². The summed E-state index contributed by atoms with van der Waals surface area (Å²) >= 11 is 0. The van der Waals surface area contributed by atoms with Crippen molar-refractivity contribution in [1.29, 1.82) is 0 Å². The molecule has 0 saturated heterocycles. The summed E-state index contributed by atoms with van der Waals surface area (Å²) in [6.07, 6.45) is -3.22. The fraction of sp³-hybridized carbons (Fsp3) is 0.222. The molecule has 1 heterocycles. The van der Waals surface area contributed by atoms with Crippen LogP contribution in [-0.4, -0.2) is 33.2 Å². The Bertz CT molecular complexity index is 895. The summed E-state index contributed by atoms with van der Waals surface area (Å²) in [5.41, 5.74) is 2.45. The number of benzene rings is 2. The van der Waals surface area contributed by atoms with Crippen LogP contribution in [-0.2, 0) is 0 Å². The number of hydrogen-bond donors (Lipinski definition) is 1. The molecular formula is C18H19ClF3N5O. The quantitative estimate of drug-likeness (QED) is 0.503. The first-order chi connectivity index (χ1) is 12.7. The van der Waals surface area contributed by atoms with E-state index in [1.165, 1.54) is 35.3 Å². The molecule has 1 unspecified atom stereocenters. The summed E-state index contributed by atoms with van der Waals surface area (Å²) in [6, 6.07) is 13.2. The Labute approximate surface area is 166 Å². The average Bonchev–Trinajstić information content (AvgIpc) is 3.10. The van der Waals surface area contributed by atoms with Gasteiger partial charge in [-0.05, 0) is 36.8 Å². The van der Waals surface area contributed by atoms with Crippen molar-refractivity contribution < 1.29 is 17.9 Å². The van der Waals surface area contributed by atoms with Gasteiger partial charge in [-0.2, -0.15) is 0 Å². The molecule has 2 aromatic carbocycles. The van der Waals surface area contributed by atoms with Gasteiger partial charge in [0.15, 0.2) is 5.82 Å². The zero-order valence-electron chi connectivity index (χ0n) is 15.1. The minimum atomic E-state index is -4.72. The lowest BCUT2D eigenvalue weighted by Crippen LogP contribution is -2.29. The molecule has 1 aromatic heterocycles. The normalized spacial score (nSPS) is 12.5. The standard InChI is InChI=1S/C18H18F3N5O.ClH/c1-12(25(2)22)13-3-5-14(6-4-13)17-23-11-26(24-17)15-7-9-16(10-8-15)27-18(19,20)21;/h3-12H,22H2,1-2H3;1H. The Kier molecular flexibility index (Phi) is 6.65. The summed E-state index contributed by atoms with van der Waals surface area (Å²) in [7, 11) is 1.80. The SMILES string of the molecule is CC(c1ccc(-c2ncn(-c3ccc(OC(F)(F)F)cc3)n2)cc1)N(C)N.Cl. The minimum Gasteiger partial charge on any atom is -0.406 e. The second kappa shape index (κ2) is 8.59. The Hall–Kier alpha value is -2.62. The topological polar surface area (TPSA) is 69.2 Å². The van der Waals surface area contributed by atoms with E-state index in [4.69, 9.17) is 5.84 Å². The van der Waals surface area contributed by atoms with Gasteiger partial charge in [0.25, 0.3) is 0 Å². The van der Waals surface area contributed by atoms with Crippen molar-refractivity contribution in [2.45, 2.75) is 19.3 Å². The molecule has 0 aliphatic carbocycles. The van der Waals surface area contributed by atoms with Gasteiger partial charge in [-0.15, -0.1) is 30.7 Å². The van der Waals surface area contributed by atoms with E-state index in [2.05, 4.69) is 14.8 Å². The molecular weight excluding hydrogens is 395 g/mol. The monoisotopic (exact) mass is 413 g/mol. The van der Waals surface area contributed by atoms with E-state index in [0.29, 0.717) is 11.5 Å². The molecule has 3 aromatic rings. The molecule has 3 rings (SSSR count). The molecule has 0 fully saturated rings. The Morgan fingerprint density at radius 1 is 1.07 bits per heavy atom. The van der Waals surface area contributed by atoms with Crippen LogP contribution in [0.15, 0.2) is 54.9 Å². The van der Waals surface area contributed by atoms with Crippen molar-refractivity contribution in [2.75, 3.05) is 7.05 Å². The van der Waals surface area contributed by atoms with Crippen molar-refractivity contribution in [3.8, 4) is 22.8 Å². The molecule has 150 valence electrons. The van der Waals surface area contributed by atoms with Crippen LogP contribution >= 0.6 is 12.4 Å². The lowest BCUT2D eigenvalue weighted by atomic mass is 10.1. The third-order valence-corrected chi connectivity index (χ3v) is 4.09. The van der Waals surface area contributed by atoms with Crippen molar-refractivity contribution in [2.24, 2.45) is 5.84 Å². The van der Waals surface area contributed by atoms with Crippen LogP contribution < -0.4 is 10.6 Å². The maximum atomic E-state index is 12.2. The van der Waals surface area contributed by atoms with E-state index in [-0.39, 0.29) is 24.2 Å². The second-order valence-electron chi connectivity index (χ2n) is 6.02. The second-order valence-corrected chi connectivity index (χ2v) is 6.02. The van der Waals surface area contributed by atoms with Gasteiger partial charge >= 0.3 is 6.36 Å². The number of nitrogens with two attached hydrogens (primary N) is 1. The van der Waals surface area contributed by atoms with E-state index in [1.807, 2.05) is 31.2 Å². The first kappa shape index (κ1) is 21.7. The summed E-state index contributed by atoms with van der Waals surface area (Å²) in [6.45, 7) is 1.99. The van der Waals surface area contributed by atoms with Crippen molar-refractivity contribution in [3.05, 3.63) is 60.4 Å². The van der Waals surface area contributed by atoms with Gasteiger partial charge in [-0.25, -0.2) is 14.7 Å². The minimum absolute atomic E-state index is 0. The van der Waals surface area contributed by atoms with Gasteiger partial charge in [-0.1, -0.05) is 24.3 Å². The zero-order valence-corrected chi connectivity index (χ0v) is 15.9. The van der Waals surface area contributed by atoms with Crippen LogP contribution in [0.2, 0.25) is 0 Å². The fourth-order valence-electron chi connectivity index (χ4n) is 2.47. The predicted octanol–water partition coefficient (Wildman–Crippen LogP) is 4.12. The smallest absolute Gasteiger partial charge is 0.406 e. The molecule has 2 N–H and O–H groups in total. The Morgan fingerprint density at radius 2 is 1.68 bits per heavy atom. The first-order valence-electron chi connectivity index (χ1n) is 8.08. The number of ether oxygens (including phenoxy) is 1. The molecule has 0 aliphatic heterocycles. The number of nitrogens with zero attached hydrogens (tertiary/aromatic N) is 4. The van der Waals surface area contributed by atoms with Crippen LogP contribution in [0, 0.1) is 0 Å². The van der Waals surface area contributed by atoms with Crippen molar-refractivity contribution in [3.63, 3.8) is 0 Å². The highest BCUT2D eigenvalue weighted by atomic mass is 35.5. The lowest BCUT2D eigenvalue weighted by molar-refractivity contribution is -0.274. The molecule has 6 nitrogen and oxygen atoms in total. The fourth-order valence-corrected chi connectivity index (χ4v) is 2.47. The number of hydrogen-bond acceptors (Lipinski definition) is 5. The molecule has 0 radical (unpaired) electrons. The van der Waals surface area contributed by atoms with Crippen LogP contribution in [0.4, 0.5) is 13.2 Å². The number of rotatable bonds is 5. The number of hydrazine groups is 1. The Balaban J connectivity index is 0.00000280. The highest BCUT2D eigenvalue weighted by Crippen LogP contribution is 2.24. The van der Waals surface area contributed by atoms with E-state index in [1.54, 1.807) is 12.1 Å². The third kappa shape index (κ3) is 5.22. The number of alkyl halides is 3. The van der Waals surface area contributed by atoms with Gasteiger partial charge in [0.1, 0.15) is 12.1 Å². The predicted molar refractivity (Wildman–Crippen MR) is 101 cm³/mol. The maximum Gasteiger partial charge on any atom is 0.573 e. The van der Waals surface area contributed by atoms with Crippen molar-refractivity contribution in [1.82, 2.24) is 19.8 Å². The Morgan fingerprint density at radius 3 is 2.21 bits per heavy atom. The van der Waals surface area contributed by atoms with Gasteiger partial charge in [0.05, 0.1) is 5.69 Å². The van der Waals surface area contributed by atoms with Crippen LogP contribution in [0.5, 0.6) is 5.75 Å². The largest absolute Gasteiger partial charge is 0.573 e. The number of halogens is 4. The van der Waals surface area contributed by atoms with Gasteiger partial charge in [0, 0.05) is 18.7 Å². The van der Waals surface area contributed by atoms with Crippen LogP contribution in [0.25, 0.3) is 17.1 Å². The molecule has 0 amide bonds. The van der Waals surface area contributed by atoms with Crippen LogP contribution in [0.1, 0.15) is 18.5 Å². The molecule has 1 atom stereocenters. The zero-order chi connectivity index (χ0) is 19.6. The molecule has 0 saturated carbocycles. The molecule has 10 heteroatoms. The third-order valence-electron chi connectivity index (χ3n) is 4.09. The maximum absolute atomic E-state index is 12.2. The summed E-state index contributed by atoms with van der Waals surface area (Å²) in [5, 5.41) is 5.99. The summed E-state index contributed by atoms with van der Waals surface area (Å²) < 4.78 is 42.0. The molecule has 0 bridgehead atoms. The highest BCUT2D eigenvalue weighted by molar-refractivity contribution is 5.85. The summed E-state index contributed by atoms with van der Waals surface area (Å²) in [5.74, 6) is 5.98. The molecule has 0 aliphatic rings. The van der Waals surface area contributed by atoms with E-state index in [0.717, 1.165) is 11.1 Å². The summed E-state index contributed by atoms with van der Waals surface area (Å²) in [4.78, 5) is 4.26. The van der Waals surface area contributed by atoms with Crippen LogP contribution in [0.3, 0.4) is 0 Å². The van der Waals surface area contributed by atoms with Gasteiger partial charge in [0.2, 0.25) is 0 Å². The van der Waals surface area contributed by atoms with Gasteiger partial charge in [-0.3, -0.25) is 5.84 Å². The van der Waals surface area contributed by atoms with Crippen molar-refractivity contribution >= 4 is 12.4 Å². The van der Waals surface area contributed by atoms with Gasteiger partial charge < -0.3 is 4.74 Å². The van der Waals surface area contributed by atoms with E-state index < -0.39 is 6.36 Å². The molecule has 0 spiro atoms. The molecule has 28 heavy (non-hydrogen) atoms. The lowest BCUT2D eigenvalue weighted by Gasteiger charge is -2.19. The van der Waals surface area contributed by atoms with E-state index in [9.17, 15) is 13.2 Å². The highest BCUT2D eigenvalue weighted by Gasteiger charge is 2.31.